The minimum Gasteiger partial charge on any atom is -0.298 e. The summed E-state index contributed by atoms with van der Waals surface area (Å²) < 4.78 is 5.88. The van der Waals surface area contributed by atoms with E-state index in [0.717, 1.165) is 20.8 Å². The van der Waals surface area contributed by atoms with Crippen LogP contribution in [0.4, 0.5) is 0 Å². The van der Waals surface area contributed by atoms with Gasteiger partial charge in [0.1, 0.15) is 0 Å². The van der Waals surface area contributed by atoms with Gasteiger partial charge in [-0.2, -0.15) is 4.37 Å². The van der Waals surface area contributed by atoms with Crippen LogP contribution >= 0.6 is 27.5 Å². The zero-order valence-corrected chi connectivity index (χ0v) is 8.35. The molecule has 1 aromatic carbocycles. The molecule has 0 radical (unpaired) electrons. The van der Waals surface area contributed by atoms with Crippen LogP contribution in [0, 0.1) is 0 Å². The molecule has 0 saturated carbocycles. The first-order valence-electron chi connectivity index (χ1n) is 3.30. The predicted molar refractivity (Wildman–Crippen MR) is 52.7 cm³/mol. The molecule has 4 heteroatoms. The maximum Gasteiger partial charge on any atom is 0.151 e. The Morgan fingerprint density at radius 1 is 1.50 bits per heavy atom. The van der Waals surface area contributed by atoms with Crippen molar-refractivity contribution in [1.82, 2.24) is 4.37 Å². The fourth-order valence-corrected chi connectivity index (χ4v) is 2.26. The summed E-state index contributed by atoms with van der Waals surface area (Å²) in [4.78, 5) is 10.6. The molecule has 2 nitrogen and oxygen atoms in total. The Labute approximate surface area is 81.5 Å². The summed E-state index contributed by atoms with van der Waals surface area (Å²) in [6.07, 6.45) is 2.61. The molecule has 2 rings (SSSR count). The van der Waals surface area contributed by atoms with Gasteiger partial charge in [0, 0.05) is 21.6 Å². The number of hydrogen-bond donors (Lipinski definition) is 0. The van der Waals surface area contributed by atoms with Gasteiger partial charge in [0.05, 0.1) is 4.70 Å². The van der Waals surface area contributed by atoms with Crippen molar-refractivity contribution >= 4 is 43.8 Å². The SMILES string of the molecule is O=Cc1cc(Br)cc2cnsc12. The van der Waals surface area contributed by atoms with Crippen LogP contribution in [0.2, 0.25) is 0 Å². The Balaban J connectivity index is 2.88. The van der Waals surface area contributed by atoms with E-state index in [1.165, 1.54) is 11.5 Å². The zero-order valence-electron chi connectivity index (χ0n) is 5.95. The molecule has 0 amide bonds. The van der Waals surface area contributed by atoms with Gasteiger partial charge in [-0.3, -0.25) is 4.79 Å². The summed E-state index contributed by atoms with van der Waals surface area (Å²) >= 11 is 4.67. The average molecular weight is 242 g/mol. The van der Waals surface area contributed by atoms with Crippen LogP contribution in [0.25, 0.3) is 10.1 Å². The second kappa shape index (κ2) is 2.95. The van der Waals surface area contributed by atoms with Gasteiger partial charge in [0.2, 0.25) is 0 Å². The number of carbonyl (C=O) groups excluding carboxylic acids is 1. The summed E-state index contributed by atoms with van der Waals surface area (Å²) in [5, 5.41) is 1.01. The van der Waals surface area contributed by atoms with E-state index in [9.17, 15) is 4.79 Å². The number of aromatic nitrogens is 1. The molecule has 0 fully saturated rings. The summed E-state index contributed by atoms with van der Waals surface area (Å²) in [6.45, 7) is 0. The molecule has 0 aliphatic carbocycles. The Bertz CT molecular complexity index is 438. The quantitative estimate of drug-likeness (QED) is 0.719. The molecule has 0 unspecified atom stereocenters. The minimum atomic E-state index is 0.696. The topological polar surface area (TPSA) is 30.0 Å². The molecular formula is C8H4BrNOS. The maximum atomic E-state index is 10.6. The Hall–Kier alpha value is -0.740. The van der Waals surface area contributed by atoms with Crippen molar-refractivity contribution in [3.05, 3.63) is 28.4 Å². The Morgan fingerprint density at radius 2 is 2.33 bits per heavy atom. The van der Waals surface area contributed by atoms with Gasteiger partial charge in [0.15, 0.2) is 6.29 Å². The van der Waals surface area contributed by atoms with Crippen LogP contribution in [0.15, 0.2) is 22.8 Å². The number of rotatable bonds is 1. The molecule has 0 aliphatic heterocycles. The summed E-state index contributed by atoms with van der Waals surface area (Å²) in [6, 6.07) is 3.75. The van der Waals surface area contributed by atoms with E-state index >= 15 is 0 Å². The largest absolute Gasteiger partial charge is 0.298 e. The molecule has 0 aliphatic rings. The van der Waals surface area contributed by atoms with E-state index in [0.29, 0.717) is 5.56 Å². The highest BCUT2D eigenvalue weighted by atomic mass is 79.9. The molecule has 1 aromatic heterocycles. The normalized spacial score (nSPS) is 10.4. The van der Waals surface area contributed by atoms with Gasteiger partial charge < -0.3 is 0 Å². The molecular weight excluding hydrogens is 238 g/mol. The first kappa shape index (κ1) is 7.89. The molecule has 60 valence electrons. The first-order valence-corrected chi connectivity index (χ1v) is 4.87. The van der Waals surface area contributed by atoms with E-state index in [4.69, 9.17) is 0 Å². The van der Waals surface area contributed by atoms with Gasteiger partial charge >= 0.3 is 0 Å². The number of halogens is 1. The maximum absolute atomic E-state index is 10.6. The lowest BCUT2D eigenvalue weighted by Gasteiger charge is -1.93. The van der Waals surface area contributed by atoms with Crippen LogP contribution in [-0.2, 0) is 0 Å². The van der Waals surface area contributed by atoms with E-state index in [1.54, 1.807) is 12.3 Å². The summed E-state index contributed by atoms with van der Waals surface area (Å²) in [5.74, 6) is 0. The van der Waals surface area contributed by atoms with Gasteiger partial charge in [-0.25, -0.2) is 0 Å². The molecule has 0 bridgehead atoms. The molecule has 12 heavy (non-hydrogen) atoms. The fraction of sp³-hybridized carbons (Fsp3) is 0. The van der Waals surface area contributed by atoms with Gasteiger partial charge in [0.25, 0.3) is 0 Å². The van der Waals surface area contributed by atoms with E-state index in [-0.39, 0.29) is 0 Å². The van der Waals surface area contributed by atoms with Crippen LogP contribution < -0.4 is 0 Å². The summed E-state index contributed by atoms with van der Waals surface area (Å²) in [7, 11) is 0. The van der Waals surface area contributed by atoms with Crippen molar-refractivity contribution in [2.45, 2.75) is 0 Å². The van der Waals surface area contributed by atoms with E-state index < -0.39 is 0 Å². The molecule has 0 N–H and O–H groups in total. The number of fused-ring (bicyclic) bond motifs is 1. The number of aldehydes is 1. The van der Waals surface area contributed by atoms with Crippen molar-refractivity contribution in [2.75, 3.05) is 0 Å². The number of hydrogen-bond acceptors (Lipinski definition) is 3. The standard InChI is InChI=1S/C8H4BrNOS/c9-7-1-5-3-10-12-8(5)6(2-7)4-11/h1-4H. The highest BCUT2D eigenvalue weighted by Gasteiger charge is 2.03. The molecule has 0 spiro atoms. The third kappa shape index (κ3) is 1.17. The smallest absolute Gasteiger partial charge is 0.151 e. The number of nitrogens with zero attached hydrogens (tertiary/aromatic N) is 1. The highest BCUT2D eigenvalue weighted by Crippen LogP contribution is 2.25. The average Bonchev–Trinajstić information content (AvgIpc) is 2.50. The third-order valence-corrected chi connectivity index (χ3v) is 2.90. The molecule has 0 saturated heterocycles. The lowest BCUT2D eigenvalue weighted by Crippen LogP contribution is -1.78. The van der Waals surface area contributed by atoms with Crippen molar-refractivity contribution in [3.63, 3.8) is 0 Å². The van der Waals surface area contributed by atoms with Gasteiger partial charge in [-0.1, -0.05) is 15.9 Å². The van der Waals surface area contributed by atoms with E-state index in [2.05, 4.69) is 20.3 Å². The second-order valence-corrected chi connectivity index (χ2v) is 4.07. The molecule has 2 aromatic rings. The van der Waals surface area contributed by atoms with Crippen LogP contribution in [0.5, 0.6) is 0 Å². The van der Waals surface area contributed by atoms with Crippen molar-refractivity contribution in [3.8, 4) is 0 Å². The van der Waals surface area contributed by atoms with E-state index in [1.807, 2.05) is 6.07 Å². The summed E-state index contributed by atoms with van der Waals surface area (Å²) in [5.41, 5.74) is 0.696. The fourth-order valence-electron chi connectivity index (χ4n) is 1.06. The lowest BCUT2D eigenvalue weighted by atomic mass is 10.2. The minimum absolute atomic E-state index is 0.696. The lowest BCUT2D eigenvalue weighted by molar-refractivity contribution is 0.112. The van der Waals surface area contributed by atoms with Gasteiger partial charge in [-0.15, -0.1) is 0 Å². The molecule has 0 atom stereocenters. The van der Waals surface area contributed by atoms with Crippen LogP contribution in [0.3, 0.4) is 0 Å². The first-order chi connectivity index (χ1) is 5.81. The second-order valence-electron chi connectivity index (χ2n) is 2.36. The van der Waals surface area contributed by atoms with Crippen molar-refractivity contribution in [1.29, 1.82) is 0 Å². The number of carbonyl (C=O) groups is 1. The predicted octanol–water partition coefficient (Wildman–Crippen LogP) is 2.87. The Morgan fingerprint density at radius 3 is 3.08 bits per heavy atom. The van der Waals surface area contributed by atoms with Crippen LogP contribution in [-0.4, -0.2) is 10.7 Å². The number of benzene rings is 1. The third-order valence-electron chi connectivity index (χ3n) is 1.57. The van der Waals surface area contributed by atoms with Crippen molar-refractivity contribution < 1.29 is 4.79 Å². The van der Waals surface area contributed by atoms with Crippen molar-refractivity contribution in [2.24, 2.45) is 0 Å². The molecule has 1 heterocycles. The highest BCUT2D eigenvalue weighted by molar-refractivity contribution is 9.10. The monoisotopic (exact) mass is 241 g/mol. The zero-order chi connectivity index (χ0) is 8.55. The Kier molecular flexibility index (Phi) is 1.94. The van der Waals surface area contributed by atoms with Crippen LogP contribution in [0.1, 0.15) is 10.4 Å². The van der Waals surface area contributed by atoms with Gasteiger partial charge in [-0.05, 0) is 23.7 Å².